The van der Waals surface area contributed by atoms with Crippen LogP contribution in [0.3, 0.4) is 0 Å². The number of hydrogen-bond donors (Lipinski definition) is 0. The van der Waals surface area contributed by atoms with Gasteiger partial charge in [-0.25, -0.2) is 0 Å². The number of rotatable bonds is 1. The number of piperazine rings is 1. The maximum atomic E-state index is 11.5. The summed E-state index contributed by atoms with van der Waals surface area (Å²) in [5, 5.41) is 0. The summed E-state index contributed by atoms with van der Waals surface area (Å²) in [6.07, 6.45) is 2.27. The standard InChI is InChI=1S/C17H30N4O2/c1-14(22)19-5-3-15(4-6-19)20-12-17(13-20)11-18(2)9-16-10-23-8-7-21(16)17/h15-16H,3-13H2,1-2H3/t16-/m1/s1. The van der Waals surface area contributed by atoms with E-state index in [4.69, 9.17) is 4.74 Å². The summed E-state index contributed by atoms with van der Waals surface area (Å²) in [5.41, 5.74) is 0.346. The van der Waals surface area contributed by atoms with Crippen molar-refractivity contribution in [2.75, 3.05) is 66.1 Å². The molecule has 130 valence electrons. The molecule has 0 unspecified atom stereocenters. The molecule has 0 aliphatic carbocycles. The minimum atomic E-state index is 0.230. The van der Waals surface area contributed by atoms with Gasteiger partial charge in [-0.15, -0.1) is 0 Å². The van der Waals surface area contributed by atoms with Crippen molar-refractivity contribution in [3.05, 3.63) is 0 Å². The van der Waals surface area contributed by atoms with Crippen molar-refractivity contribution < 1.29 is 9.53 Å². The minimum absolute atomic E-state index is 0.230. The Kier molecular flexibility index (Phi) is 4.12. The van der Waals surface area contributed by atoms with Gasteiger partial charge in [-0.2, -0.15) is 0 Å². The second-order valence-corrected chi connectivity index (χ2v) is 7.99. The van der Waals surface area contributed by atoms with E-state index in [9.17, 15) is 4.79 Å². The van der Waals surface area contributed by atoms with Gasteiger partial charge in [0.1, 0.15) is 0 Å². The Bertz CT molecular complexity index is 458. The Labute approximate surface area is 139 Å². The number of likely N-dealkylation sites (tertiary alicyclic amines) is 2. The molecule has 0 radical (unpaired) electrons. The SMILES string of the molecule is CC(=O)N1CCC(N2CC3(CN(C)C[C@@H]4COCCN43)C2)CC1. The van der Waals surface area contributed by atoms with Crippen molar-refractivity contribution in [3.8, 4) is 0 Å². The smallest absolute Gasteiger partial charge is 0.219 e. The molecule has 1 spiro atoms. The maximum Gasteiger partial charge on any atom is 0.219 e. The Hall–Kier alpha value is -0.690. The van der Waals surface area contributed by atoms with Crippen LogP contribution in [0.2, 0.25) is 0 Å². The molecule has 0 saturated carbocycles. The maximum absolute atomic E-state index is 11.5. The van der Waals surface area contributed by atoms with Crippen molar-refractivity contribution in [1.82, 2.24) is 19.6 Å². The number of fused-ring (bicyclic) bond motifs is 2. The fourth-order valence-corrected chi connectivity index (χ4v) is 5.24. The van der Waals surface area contributed by atoms with Crippen LogP contribution in [0.25, 0.3) is 0 Å². The predicted molar refractivity (Wildman–Crippen MR) is 88.4 cm³/mol. The first-order valence-electron chi connectivity index (χ1n) is 9.10. The van der Waals surface area contributed by atoms with E-state index in [1.807, 2.05) is 4.90 Å². The van der Waals surface area contributed by atoms with Gasteiger partial charge in [0.05, 0.1) is 18.8 Å². The molecule has 6 heteroatoms. The Morgan fingerprint density at radius 3 is 2.52 bits per heavy atom. The summed E-state index contributed by atoms with van der Waals surface area (Å²) in [6, 6.07) is 1.24. The highest BCUT2D eigenvalue weighted by atomic mass is 16.5. The van der Waals surface area contributed by atoms with Crippen LogP contribution in [0.1, 0.15) is 19.8 Å². The lowest BCUT2D eigenvalue weighted by molar-refractivity contribution is -0.172. The third-order valence-corrected chi connectivity index (χ3v) is 6.34. The molecule has 1 atom stereocenters. The van der Waals surface area contributed by atoms with Gasteiger partial charge < -0.3 is 14.5 Å². The number of carbonyl (C=O) groups is 1. The summed E-state index contributed by atoms with van der Waals surface area (Å²) in [4.78, 5) is 21.4. The van der Waals surface area contributed by atoms with Gasteiger partial charge in [0.2, 0.25) is 5.91 Å². The normalized spacial score (nSPS) is 33.5. The van der Waals surface area contributed by atoms with Gasteiger partial charge in [0, 0.05) is 64.8 Å². The van der Waals surface area contributed by atoms with Gasteiger partial charge >= 0.3 is 0 Å². The topological polar surface area (TPSA) is 39.3 Å². The van der Waals surface area contributed by atoms with Gasteiger partial charge in [0.15, 0.2) is 0 Å². The number of carbonyl (C=O) groups excluding carboxylic acids is 1. The van der Waals surface area contributed by atoms with E-state index in [1.165, 1.54) is 19.6 Å². The van der Waals surface area contributed by atoms with Crippen molar-refractivity contribution in [3.63, 3.8) is 0 Å². The fraction of sp³-hybridized carbons (Fsp3) is 0.941. The van der Waals surface area contributed by atoms with Crippen LogP contribution < -0.4 is 0 Å². The second-order valence-electron chi connectivity index (χ2n) is 7.99. The molecule has 6 nitrogen and oxygen atoms in total. The molecule has 0 aromatic rings. The average Bonchev–Trinajstić information content (AvgIpc) is 2.51. The molecule has 0 aromatic carbocycles. The summed E-state index contributed by atoms with van der Waals surface area (Å²) in [7, 11) is 2.25. The van der Waals surface area contributed by atoms with Gasteiger partial charge in [0.25, 0.3) is 0 Å². The van der Waals surface area contributed by atoms with Gasteiger partial charge in [-0.1, -0.05) is 0 Å². The molecule has 0 aromatic heterocycles. The first kappa shape index (κ1) is 15.8. The number of hydrogen-bond acceptors (Lipinski definition) is 5. The number of amides is 1. The van der Waals surface area contributed by atoms with Crippen molar-refractivity contribution >= 4 is 5.91 Å². The molecular weight excluding hydrogens is 292 g/mol. The predicted octanol–water partition coefficient (Wildman–Crippen LogP) is -0.302. The lowest BCUT2D eigenvalue weighted by atomic mass is 9.80. The summed E-state index contributed by atoms with van der Waals surface area (Å²) >= 11 is 0. The number of nitrogens with zero attached hydrogens (tertiary/aromatic N) is 4. The first-order valence-corrected chi connectivity index (χ1v) is 9.10. The Morgan fingerprint density at radius 2 is 1.83 bits per heavy atom. The first-order chi connectivity index (χ1) is 11.1. The van der Waals surface area contributed by atoms with E-state index in [1.54, 1.807) is 6.92 Å². The third-order valence-electron chi connectivity index (χ3n) is 6.34. The molecule has 4 aliphatic rings. The van der Waals surface area contributed by atoms with Crippen LogP contribution in [0.15, 0.2) is 0 Å². The van der Waals surface area contributed by atoms with Crippen molar-refractivity contribution in [2.45, 2.75) is 37.4 Å². The second kappa shape index (κ2) is 5.99. The number of ether oxygens (including phenoxy) is 1. The van der Waals surface area contributed by atoms with Gasteiger partial charge in [-0.05, 0) is 19.9 Å². The van der Waals surface area contributed by atoms with Crippen molar-refractivity contribution in [1.29, 1.82) is 0 Å². The zero-order valence-corrected chi connectivity index (χ0v) is 14.5. The molecule has 4 rings (SSSR count). The molecule has 4 aliphatic heterocycles. The van der Waals surface area contributed by atoms with E-state index in [0.717, 1.165) is 52.2 Å². The monoisotopic (exact) mass is 322 g/mol. The van der Waals surface area contributed by atoms with E-state index in [-0.39, 0.29) is 5.91 Å². The number of morpholine rings is 1. The molecule has 4 saturated heterocycles. The van der Waals surface area contributed by atoms with Gasteiger partial charge in [-0.3, -0.25) is 14.6 Å². The fourth-order valence-electron chi connectivity index (χ4n) is 5.24. The quantitative estimate of drug-likeness (QED) is 0.663. The Morgan fingerprint density at radius 1 is 1.09 bits per heavy atom. The highest BCUT2D eigenvalue weighted by Crippen LogP contribution is 2.37. The number of likely N-dealkylation sites (N-methyl/N-ethyl adjacent to an activating group) is 1. The summed E-state index contributed by atoms with van der Waals surface area (Å²) < 4.78 is 5.71. The average molecular weight is 322 g/mol. The number of piperidine rings is 1. The highest BCUT2D eigenvalue weighted by molar-refractivity contribution is 5.73. The van der Waals surface area contributed by atoms with Crippen LogP contribution in [-0.4, -0.2) is 109 Å². The summed E-state index contributed by atoms with van der Waals surface area (Å²) in [6.45, 7) is 11.1. The molecule has 0 bridgehead atoms. The highest BCUT2D eigenvalue weighted by Gasteiger charge is 2.54. The molecule has 4 heterocycles. The van der Waals surface area contributed by atoms with Crippen LogP contribution >= 0.6 is 0 Å². The van der Waals surface area contributed by atoms with Crippen LogP contribution in [-0.2, 0) is 9.53 Å². The van der Waals surface area contributed by atoms with E-state index in [2.05, 4.69) is 21.7 Å². The summed E-state index contributed by atoms with van der Waals surface area (Å²) in [5.74, 6) is 0.230. The lowest BCUT2D eigenvalue weighted by Gasteiger charge is -2.64. The molecular formula is C17H30N4O2. The van der Waals surface area contributed by atoms with E-state index in [0.29, 0.717) is 17.6 Å². The Balaban J connectivity index is 1.37. The van der Waals surface area contributed by atoms with E-state index >= 15 is 0 Å². The molecule has 23 heavy (non-hydrogen) atoms. The van der Waals surface area contributed by atoms with Crippen LogP contribution in [0.5, 0.6) is 0 Å². The van der Waals surface area contributed by atoms with E-state index < -0.39 is 0 Å². The third kappa shape index (κ3) is 2.80. The largest absolute Gasteiger partial charge is 0.378 e. The zero-order chi connectivity index (χ0) is 16.0. The van der Waals surface area contributed by atoms with Crippen molar-refractivity contribution in [2.24, 2.45) is 0 Å². The minimum Gasteiger partial charge on any atom is -0.378 e. The lowest BCUT2D eigenvalue weighted by Crippen LogP contribution is -2.81. The van der Waals surface area contributed by atoms with Crippen LogP contribution in [0, 0.1) is 0 Å². The zero-order valence-electron chi connectivity index (χ0n) is 14.5. The molecule has 4 fully saturated rings. The molecule has 0 N–H and O–H groups in total. The van der Waals surface area contributed by atoms with Crippen LogP contribution in [0.4, 0.5) is 0 Å². The molecule has 1 amide bonds.